The lowest BCUT2D eigenvalue weighted by Gasteiger charge is -2.42. The molecule has 4 rings (SSSR count). The summed E-state index contributed by atoms with van der Waals surface area (Å²) in [5.74, 6) is 0.949. The molecule has 1 N–H and O–H groups in total. The number of aryl methyl sites for hydroxylation is 2. The highest BCUT2D eigenvalue weighted by Gasteiger charge is 2.32. The van der Waals surface area contributed by atoms with E-state index in [1.165, 1.54) is 31.4 Å². The summed E-state index contributed by atoms with van der Waals surface area (Å²) in [7, 11) is 2.28. The van der Waals surface area contributed by atoms with Gasteiger partial charge in [0, 0.05) is 41.3 Å². The number of rotatable bonds is 2. The highest BCUT2D eigenvalue weighted by Crippen LogP contribution is 2.31. The third kappa shape index (κ3) is 3.05. The van der Waals surface area contributed by atoms with Gasteiger partial charge in [0.05, 0.1) is 0 Å². The highest BCUT2D eigenvalue weighted by molar-refractivity contribution is 6.08. The van der Waals surface area contributed by atoms with Crippen LogP contribution in [0.1, 0.15) is 53.7 Å². The van der Waals surface area contributed by atoms with Crippen LogP contribution < -0.4 is 0 Å². The maximum atomic E-state index is 13.2. The van der Waals surface area contributed by atoms with Gasteiger partial charge in [0.15, 0.2) is 0 Å². The summed E-state index contributed by atoms with van der Waals surface area (Å²) >= 11 is 0. The van der Waals surface area contributed by atoms with Crippen molar-refractivity contribution >= 4 is 16.8 Å². The SMILES string of the molecule is Cc1[nH]c2cccc(C(=O)N3CCC(C4CCCCN4C)CC3)c2c1C. The molecule has 4 heteroatoms. The summed E-state index contributed by atoms with van der Waals surface area (Å²) < 4.78 is 0. The minimum Gasteiger partial charge on any atom is -0.358 e. The fourth-order valence-electron chi connectivity index (χ4n) is 5.08. The Bertz CT molecular complexity index is 801. The predicted octanol–water partition coefficient (Wildman–Crippen LogP) is 4.12. The first-order chi connectivity index (χ1) is 12.6. The molecule has 0 aliphatic carbocycles. The molecule has 2 fully saturated rings. The molecular formula is C22H31N3O. The number of H-pyrrole nitrogens is 1. The van der Waals surface area contributed by atoms with Crippen molar-refractivity contribution in [1.29, 1.82) is 0 Å². The smallest absolute Gasteiger partial charge is 0.254 e. The van der Waals surface area contributed by atoms with Crippen LogP contribution >= 0.6 is 0 Å². The number of nitrogens with one attached hydrogen (secondary N) is 1. The van der Waals surface area contributed by atoms with Crippen LogP contribution in [-0.2, 0) is 0 Å². The molecule has 2 saturated heterocycles. The van der Waals surface area contributed by atoms with E-state index in [0.717, 1.165) is 60.1 Å². The lowest BCUT2D eigenvalue weighted by atomic mass is 9.84. The van der Waals surface area contributed by atoms with Gasteiger partial charge in [0.1, 0.15) is 0 Å². The number of likely N-dealkylation sites (tertiary alicyclic amines) is 2. The second-order valence-corrected chi connectivity index (χ2v) is 8.28. The van der Waals surface area contributed by atoms with Crippen molar-refractivity contribution in [2.75, 3.05) is 26.7 Å². The van der Waals surface area contributed by atoms with Crippen LogP contribution in [0.5, 0.6) is 0 Å². The van der Waals surface area contributed by atoms with Crippen molar-refractivity contribution in [3.8, 4) is 0 Å². The first-order valence-electron chi connectivity index (χ1n) is 10.1. The molecule has 3 heterocycles. The Balaban J connectivity index is 1.49. The van der Waals surface area contributed by atoms with Crippen molar-refractivity contribution in [3.63, 3.8) is 0 Å². The number of aromatic amines is 1. The van der Waals surface area contributed by atoms with Crippen molar-refractivity contribution in [2.45, 2.75) is 52.0 Å². The van der Waals surface area contributed by atoms with Gasteiger partial charge in [-0.05, 0) is 76.7 Å². The van der Waals surface area contributed by atoms with Gasteiger partial charge in [-0.2, -0.15) is 0 Å². The van der Waals surface area contributed by atoms with Gasteiger partial charge in [0.2, 0.25) is 0 Å². The van der Waals surface area contributed by atoms with Gasteiger partial charge in [-0.25, -0.2) is 0 Å². The predicted molar refractivity (Wildman–Crippen MR) is 107 cm³/mol. The van der Waals surface area contributed by atoms with Gasteiger partial charge in [-0.3, -0.25) is 4.79 Å². The van der Waals surface area contributed by atoms with E-state index in [4.69, 9.17) is 0 Å². The monoisotopic (exact) mass is 353 g/mol. The van der Waals surface area contributed by atoms with E-state index in [0.29, 0.717) is 0 Å². The van der Waals surface area contributed by atoms with E-state index >= 15 is 0 Å². The third-order valence-electron chi connectivity index (χ3n) is 6.75. The quantitative estimate of drug-likeness (QED) is 0.882. The maximum Gasteiger partial charge on any atom is 0.254 e. The van der Waals surface area contributed by atoms with E-state index < -0.39 is 0 Å². The van der Waals surface area contributed by atoms with Crippen LogP contribution in [0.4, 0.5) is 0 Å². The normalized spacial score (nSPS) is 22.9. The number of piperidine rings is 2. The van der Waals surface area contributed by atoms with Crippen LogP contribution in [0.3, 0.4) is 0 Å². The molecule has 1 unspecified atom stereocenters. The van der Waals surface area contributed by atoms with Crippen LogP contribution in [0.25, 0.3) is 10.9 Å². The number of carbonyl (C=O) groups is 1. The second-order valence-electron chi connectivity index (χ2n) is 8.28. The van der Waals surface area contributed by atoms with Crippen LogP contribution in [0.2, 0.25) is 0 Å². The molecule has 1 amide bonds. The summed E-state index contributed by atoms with van der Waals surface area (Å²) in [5, 5.41) is 1.10. The Morgan fingerprint density at radius 2 is 1.85 bits per heavy atom. The summed E-state index contributed by atoms with van der Waals surface area (Å²) in [5.41, 5.74) is 4.28. The molecule has 2 aliphatic heterocycles. The van der Waals surface area contributed by atoms with Crippen molar-refractivity contribution in [3.05, 3.63) is 35.0 Å². The van der Waals surface area contributed by atoms with E-state index in [1.807, 2.05) is 12.1 Å². The van der Waals surface area contributed by atoms with E-state index in [1.54, 1.807) is 0 Å². The molecule has 0 bridgehead atoms. The molecular weight excluding hydrogens is 322 g/mol. The first kappa shape index (κ1) is 17.6. The number of fused-ring (bicyclic) bond motifs is 1. The van der Waals surface area contributed by atoms with Crippen molar-refractivity contribution in [2.24, 2.45) is 5.92 Å². The average Bonchev–Trinajstić information content (AvgIpc) is 2.96. The Hall–Kier alpha value is -1.81. The molecule has 0 spiro atoms. The zero-order chi connectivity index (χ0) is 18.3. The van der Waals surface area contributed by atoms with Gasteiger partial charge >= 0.3 is 0 Å². The van der Waals surface area contributed by atoms with Gasteiger partial charge in [-0.15, -0.1) is 0 Å². The fraction of sp³-hybridized carbons (Fsp3) is 0.591. The third-order valence-corrected chi connectivity index (χ3v) is 6.75. The van der Waals surface area contributed by atoms with E-state index in [2.05, 4.69) is 41.7 Å². The standard InChI is InChI=1S/C22H31N3O/c1-15-16(2)23-19-8-6-7-18(21(15)19)22(26)25-13-10-17(11-14-25)20-9-4-5-12-24(20)3/h6-8,17,20,23H,4-5,9-14H2,1-3H3. The number of nitrogens with zero attached hydrogens (tertiary/aromatic N) is 2. The zero-order valence-electron chi connectivity index (χ0n) is 16.3. The number of benzene rings is 1. The second kappa shape index (κ2) is 7.07. The molecule has 1 aromatic carbocycles. The molecule has 0 radical (unpaired) electrons. The summed E-state index contributed by atoms with van der Waals surface area (Å²) in [6.07, 6.45) is 6.31. The minimum atomic E-state index is 0.202. The molecule has 1 atom stereocenters. The lowest BCUT2D eigenvalue weighted by molar-refractivity contribution is 0.0556. The van der Waals surface area contributed by atoms with Gasteiger partial charge in [-0.1, -0.05) is 12.5 Å². The number of aromatic nitrogens is 1. The Morgan fingerprint density at radius 3 is 2.58 bits per heavy atom. The van der Waals surface area contributed by atoms with Crippen LogP contribution in [-0.4, -0.2) is 53.4 Å². The Kier molecular flexibility index (Phi) is 4.78. The fourth-order valence-corrected chi connectivity index (χ4v) is 5.08. The van der Waals surface area contributed by atoms with Crippen molar-refractivity contribution in [1.82, 2.24) is 14.8 Å². The average molecular weight is 354 g/mol. The number of hydrogen-bond acceptors (Lipinski definition) is 2. The van der Waals surface area contributed by atoms with E-state index in [-0.39, 0.29) is 5.91 Å². The molecule has 26 heavy (non-hydrogen) atoms. The first-order valence-corrected chi connectivity index (χ1v) is 10.1. The number of hydrogen-bond donors (Lipinski definition) is 1. The van der Waals surface area contributed by atoms with Crippen LogP contribution in [0, 0.1) is 19.8 Å². The van der Waals surface area contributed by atoms with E-state index in [9.17, 15) is 4.79 Å². The Labute approximate surface area is 156 Å². The molecule has 1 aromatic heterocycles. The molecule has 2 aliphatic rings. The van der Waals surface area contributed by atoms with Crippen molar-refractivity contribution < 1.29 is 4.79 Å². The zero-order valence-corrected chi connectivity index (χ0v) is 16.3. The van der Waals surface area contributed by atoms with Gasteiger partial charge < -0.3 is 14.8 Å². The summed E-state index contributed by atoms with van der Waals surface area (Å²) in [4.78, 5) is 21.3. The summed E-state index contributed by atoms with van der Waals surface area (Å²) in [6, 6.07) is 6.77. The molecule has 4 nitrogen and oxygen atoms in total. The van der Waals surface area contributed by atoms with Gasteiger partial charge in [0.25, 0.3) is 5.91 Å². The molecule has 140 valence electrons. The minimum absolute atomic E-state index is 0.202. The highest BCUT2D eigenvalue weighted by atomic mass is 16.2. The number of amides is 1. The topological polar surface area (TPSA) is 39.3 Å². The number of carbonyl (C=O) groups excluding carboxylic acids is 1. The maximum absolute atomic E-state index is 13.2. The lowest BCUT2D eigenvalue weighted by Crippen LogP contribution is -2.47. The molecule has 0 saturated carbocycles. The summed E-state index contributed by atoms with van der Waals surface area (Å²) in [6.45, 7) is 7.21. The molecule has 2 aromatic rings. The van der Waals surface area contributed by atoms with Crippen LogP contribution in [0.15, 0.2) is 18.2 Å². The largest absolute Gasteiger partial charge is 0.358 e. The Morgan fingerprint density at radius 1 is 1.08 bits per heavy atom.